The molecule has 0 saturated heterocycles. The van der Waals surface area contributed by atoms with Crippen LogP contribution in [-0.4, -0.2) is 11.4 Å². The molecule has 0 spiro atoms. The van der Waals surface area contributed by atoms with Crippen LogP contribution in [0.4, 0.5) is 11.4 Å². The van der Waals surface area contributed by atoms with Gasteiger partial charge >= 0.3 is 0 Å². The lowest BCUT2D eigenvalue weighted by Crippen LogP contribution is -2.39. The van der Waals surface area contributed by atoms with Crippen LogP contribution in [0.2, 0.25) is 0 Å². The van der Waals surface area contributed by atoms with E-state index in [0.717, 1.165) is 22.5 Å². The van der Waals surface area contributed by atoms with Gasteiger partial charge in [-0.15, -0.1) is 0 Å². The highest BCUT2D eigenvalue weighted by Gasteiger charge is 2.37. The van der Waals surface area contributed by atoms with E-state index in [-0.39, 0.29) is 5.75 Å². The number of nitrogens with one attached hydrogen (secondary N) is 2. The normalized spacial score (nSPS) is 18.0. The molecule has 1 atom stereocenters. The molecule has 1 aliphatic heterocycles. The number of aliphatic imine (C=N–C) groups is 1. The van der Waals surface area contributed by atoms with Gasteiger partial charge in [0.1, 0.15) is 5.75 Å². The first-order valence-electron chi connectivity index (χ1n) is 8.40. The third-order valence-corrected chi connectivity index (χ3v) is 4.21. The van der Waals surface area contributed by atoms with Crippen LogP contribution in [0.3, 0.4) is 0 Å². The fourth-order valence-corrected chi connectivity index (χ4v) is 2.93. The van der Waals surface area contributed by atoms with Gasteiger partial charge in [0.25, 0.3) is 5.85 Å². The largest absolute Gasteiger partial charge is 0.508 e. The quantitative estimate of drug-likeness (QED) is 0.477. The molecule has 0 saturated carbocycles. The molecule has 0 aliphatic carbocycles. The van der Waals surface area contributed by atoms with E-state index >= 15 is 0 Å². The number of benzene rings is 3. The van der Waals surface area contributed by atoms with Gasteiger partial charge in [-0.2, -0.15) is 0 Å². The van der Waals surface area contributed by atoms with Crippen LogP contribution in [0.15, 0.2) is 83.9 Å². The Hall–Kier alpha value is -3.31. The van der Waals surface area contributed by atoms with Gasteiger partial charge in [0.2, 0.25) is 0 Å². The monoisotopic (exact) mass is 345 g/mol. The predicted molar refractivity (Wildman–Crippen MR) is 103 cm³/mol. The number of rotatable bonds is 5. The number of hydrogen-bond donors (Lipinski definition) is 3. The lowest BCUT2D eigenvalue weighted by atomic mass is 10.0. The van der Waals surface area contributed by atoms with Crippen molar-refractivity contribution in [2.75, 3.05) is 10.6 Å². The Labute approximate surface area is 152 Å². The summed E-state index contributed by atoms with van der Waals surface area (Å²) in [5.74, 6) is -0.985. The summed E-state index contributed by atoms with van der Waals surface area (Å²) >= 11 is 0. The Morgan fingerprint density at radius 3 is 2.46 bits per heavy atom. The second kappa shape index (κ2) is 6.90. The number of fused-ring (bicyclic) bond motifs is 1. The maximum Gasteiger partial charge on any atom is 0.268 e. The molecule has 3 aromatic rings. The summed E-state index contributed by atoms with van der Waals surface area (Å²) < 4.78 is 6.28. The lowest BCUT2D eigenvalue weighted by Gasteiger charge is -2.35. The Kier molecular flexibility index (Phi) is 4.29. The summed E-state index contributed by atoms with van der Waals surface area (Å²) in [5, 5.41) is 16.5. The highest BCUT2D eigenvalue weighted by atomic mass is 16.5. The fraction of sp³-hybridized carbons (Fsp3) is 0.0952. The van der Waals surface area contributed by atoms with Crippen molar-refractivity contribution in [3.63, 3.8) is 0 Å². The van der Waals surface area contributed by atoms with E-state index in [1.165, 1.54) is 0 Å². The highest BCUT2D eigenvalue weighted by molar-refractivity contribution is 5.82. The summed E-state index contributed by atoms with van der Waals surface area (Å²) in [7, 11) is 0. The molecule has 130 valence electrons. The Bertz CT molecular complexity index is 913. The summed E-state index contributed by atoms with van der Waals surface area (Å²) in [6.07, 6.45) is 1.61. The molecule has 5 heteroatoms. The first-order valence-corrected chi connectivity index (χ1v) is 8.40. The topological polar surface area (TPSA) is 65.9 Å². The van der Waals surface area contributed by atoms with Crippen molar-refractivity contribution < 1.29 is 9.84 Å². The van der Waals surface area contributed by atoms with E-state index in [9.17, 15) is 5.11 Å². The second-order valence-corrected chi connectivity index (χ2v) is 6.04. The van der Waals surface area contributed by atoms with Crippen LogP contribution in [0.25, 0.3) is 0 Å². The molecule has 1 aliphatic rings. The van der Waals surface area contributed by atoms with E-state index in [2.05, 4.69) is 15.6 Å². The van der Waals surface area contributed by atoms with Gasteiger partial charge in [-0.3, -0.25) is 0 Å². The number of phenolic OH excluding ortho intramolecular Hbond substituents is 1. The van der Waals surface area contributed by atoms with Crippen LogP contribution >= 0.6 is 0 Å². The molecular formula is C21H19N3O2. The maximum absolute atomic E-state index is 10.0. The SMILES string of the molecule is Oc1ccc2c(c1)C(Nc1ccccc1)(OCc1ccccc1)N=CN2. The Balaban J connectivity index is 1.73. The molecule has 4 rings (SSSR count). The van der Waals surface area contributed by atoms with Gasteiger partial charge in [0.05, 0.1) is 18.5 Å². The highest BCUT2D eigenvalue weighted by Crippen LogP contribution is 2.38. The van der Waals surface area contributed by atoms with Gasteiger partial charge in [-0.05, 0) is 35.9 Å². The molecule has 0 radical (unpaired) electrons. The molecule has 0 aromatic heterocycles. The summed E-state index contributed by atoms with van der Waals surface area (Å²) in [4.78, 5) is 4.57. The van der Waals surface area contributed by atoms with Crippen LogP contribution in [-0.2, 0) is 17.2 Å². The van der Waals surface area contributed by atoms with E-state index in [0.29, 0.717) is 6.61 Å². The summed E-state index contributed by atoms with van der Waals surface area (Å²) in [6, 6.07) is 24.8. The van der Waals surface area contributed by atoms with Crippen molar-refractivity contribution in [1.29, 1.82) is 0 Å². The van der Waals surface area contributed by atoms with Crippen LogP contribution < -0.4 is 10.6 Å². The Morgan fingerprint density at radius 1 is 0.962 bits per heavy atom. The van der Waals surface area contributed by atoms with E-state index in [4.69, 9.17) is 4.74 Å². The van der Waals surface area contributed by atoms with E-state index in [1.807, 2.05) is 66.7 Å². The molecule has 1 unspecified atom stereocenters. The average molecular weight is 345 g/mol. The molecule has 3 N–H and O–H groups in total. The second-order valence-electron chi connectivity index (χ2n) is 6.04. The first-order chi connectivity index (χ1) is 12.8. The van der Waals surface area contributed by atoms with Crippen molar-refractivity contribution in [1.82, 2.24) is 0 Å². The third kappa shape index (κ3) is 3.25. The lowest BCUT2D eigenvalue weighted by molar-refractivity contribution is -0.0336. The molecule has 3 aromatic carbocycles. The van der Waals surface area contributed by atoms with Crippen LogP contribution in [0, 0.1) is 0 Å². The molecule has 26 heavy (non-hydrogen) atoms. The molecule has 0 bridgehead atoms. The first kappa shape index (κ1) is 16.2. The van der Waals surface area contributed by atoms with Gasteiger partial charge in [-0.1, -0.05) is 48.5 Å². The smallest absolute Gasteiger partial charge is 0.268 e. The van der Waals surface area contributed by atoms with Crippen molar-refractivity contribution in [2.45, 2.75) is 12.5 Å². The van der Waals surface area contributed by atoms with Gasteiger partial charge in [0.15, 0.2) is 0 Å². The zero-order valence-corrected chi connectivity index (χ0v) is 14.1. The zero-order valence-electron chi connectivity index (χ0n) is 14.1. The van der Waals surface area contributed by atoms with Gasteiger partial charge in [0, 0.05) is 11.4 Å². The minimum absolute atomic E-state index is 0.158. The van der Waals surface area contributed by atoms with Crippen LogP contribution in [0.5, 0.6) is 5.75 Å². The van der Waals surface area contributed by atoms with Gasteiger partial charge < -0.3 is 20.5 Å². The number of para-hydroxylation sites is 1. The number of hydrogen-bond acceptors (Lipinski definition) is 5. The van der Waals surface area contributed by atoms with Crippen molar-refractivity contribution in [3.05, 3.63) is 90.0 Å². The minimum Gasteiger partial charge on any atom is -0.508 e. The third-order valence-electron chi connectivity index (χ3n) is 4.21. The zero-order chi connectivity index (χ0) is 17.8. The minimum atomic E-state index is -1.14. The number of aromatic hydroxyl groups is 1. The molecule has 1 heterocycles. The van der Waals surface area contributed by atoms with Crippen LogP contribution in [0.1, 0.15) is 11.1 Å². The average Bonchev–Trinajstić information content (AvgIpc) is 2.69. The summed E-state index contributed by atoms with van der Waals surface area (Å²) in [6.45, 7) is 0.368. The maximum atomic E-state index is 10.0. The van der Waals surface area contributed by atoms with Crippen molar-refractivity contribution >= 4 is 17.7 Å². The number of anilines is 2. The molecular weight excluding hydrogens is 326 g/mol. The Morgan fingerprint density at radius 2 is 1.69 bits per heavy atom. The van der Waals surface area contributed by atoms with E-state index in [1.54, 1.807) is 18.5 Å². The summed E-state index contributed by atoms with van der Waals surface area (Å²) in [5.41, 5.74) is 3.46. The number of nitrogens with zero attached hydrogens (tertiary/aromatic N) is 1. The fourth-order valence-electron chi connectivity index (χ4n) is 2.93. The number of ether oxygens (including phenoxy) is 1. The molecule has 0 fully saturated rings. The molecule has 5 nitrogen and oxygen atoms in total. The predicted octanol–water partition coefficient (Wildman–Crippen LogP) is 4.29. The van der Waals surface area contributed by atoms with Gasteiger partial charge in [-0.25, -0.2) is 4.99 Å². The van der Waals surface area contributed by atoms with Crippen molar-refractivity contribution in [3.8, 4) is 5.75 Å². The number of phenols is 1. The standard InChI is InChI=1S/C21H19N3O2/c25-18-11-12-20-19(13-18)21(23-15-22-20,24-17-9-5-2-6-10-17)26-14-16-7-3-1-4-8-16/h1-13,15,24-25H,14H2,(H,22,23). The van der Waals surface area contributed by atoms with E-state index < -0.39 is 5.85 Å². The van der Waals surface area contributed by atoms with Crippen molar-refractivity contribution in [2.24, 2.45) is 4.99 Å². The molecule has 0 amide bonds.